The second-order valence-electron chi connectivity index (χ2n) is 9.02. The summed E-state index contributed by atoms with van der Waals surface area (Å²) in [5, 5.41) is 50.7. The number of ether oxygens (including phenoxy) is 2. The Labute approximate surface area is 212 Å². The van der Waals surface area contributed by atoms with Gasteiger partial charge in [-0.05, 0) is 30.5 Å². The van der Waals surface area contributed by atoms with E-state index in [9.17, 15) is 35.1 Å². The number of hydrogen-bond acceptors (Lipinski definition) is 10. The second kappa shape index (κ2) is 10.4. The van der Waals surface area contributed by atoms with Crippen LogP contribution in [0.4, 0.5) is 0 Å². The van der Waals surface area contributed by atoms with Crippen LogP contribution in [-0.2, 0) is 14.3 Å². The number of rotatable bonds is 6. The maximum Gasteiger partial charge on any atom is 0.328 e. The smallest absolute Gasteiger partial charge is 0.328 e. The van der Waals surface area contributed by atoms with Crippen molar-refractivity contribution in [1.82, 2.24) is 4.90 Å². The fourth-order valence-electron chi connectivity index (χ4n) is 4.70. The van der Waals surface area contributed by atoms with Crippen molar-refractivity contribution in [3.63, 3.8) is 0 Å². The molecule has 1 amide bonds. The van der Waals surface area contributed by atoms with E-state index in [1.54, 1.807) is 6.92 Å². The zero-order valence-electron chi connectivity index (χ0n) is 19.8. The van der Waals surface area contributed by atoms with E-state index in [2.05, 4.69) is 0 Å². The summed E-state index contributed by atoms with van der Waals surface area (Å²) >= 11 is 1.24. The summed E-state index contributed by atoms with van der Waals surface area (Å²) in [5.41, 5.74) is 0.650. The molecule has 10 nitrogen and oxygen atoms in total. The standard InChI is InChI=1S/C25H29NO9S/c1-12(24(32)26-7-3-4-15(26)25(33)34-2)11-36-23-20-18(30)9-14(27)10-19(20)35-22(21(23)31)13-5-6-16(28)17(29)8-13/h5-6,8-10,12,15,21-23,27-31H,3-4,7,11H2,1-2H3/t12-,15+,21+,22-,23+/m1/s1. The summed E-state index contributed by atoms with van der Waals surface area (Å²) in [7, 11) is 1.29. The van der Waals surface area contributed by atoms with Crippen LogP contribution in [0.3, 0.4) is 0 Å². The molecule has 2 heterocycles. The van der Waals surface area contributed by atoms with E-state index in [1.807, 2.05) is 0 Å². The molecule has 5 atom stereocenters. The van der Waals surface area contributed by atoms with Gasteiger partial charge in [-0.2, -0.15) is 0 Å². The molecule has 0 saturated carbocycles. The number of aliphatic hydroxyl groups excluding tert-OH is 1. The van der Waals surface area contributed by atoms with Crippen molar-refractivity contribution < 1.29 is 44.6 Å². The van der Waals surface area contributed by atoms with Crippen LogP contribution in [0.25, 0.3) is 0 Å². The van der Waals surface area contributed by atoms with Crippen molar-refractivity contribution in [3.05, 3.63) is 41.5 Å². The van der Waals surface area contributed by atoms with Gasteiger partial charge in [-0.15, -0.1) is 11.8 Å². The largest absolute Gasteiger partial charge is 0.508 e. The van der Waals surface area contributed by atoms with Gasteiger partial charge < -0.3 is 39.9 Å². The third-order valence-electron chi connectivity index (χ3n) is 6.55. The van der Waals surface area contributed by atoms with Crippen molar-refractivity contribution in [2.24, 2.45) is 5.92 Å². The zero-order chi connectivity index (χ0) is 26.1. The van der Waals surface area contributed by atoms with Crippen LogP contribution in [0, 0.1) is 5.92 Å². The molecule has 4 rings (SSSR count). The number of benzene rings is 2. The van der Waals surface area contributed by atoms with Gasteiger partial charge in [-0.3, -0.25) is 4.79 Å². The highest BCUT2D eigenvalue weighted by Crippen LogP contribution is 2.52. The Kier molecular flexibility index (Phi) is 7.41. The average Bonchev–Trinajstić information content (AvgIpc) is 3.33. The number of hydrogen-bond donors (Lipinski definition) is 5. The Morgan fingerprint density at radius 2 is 1.89 bits per heavy atom. The van der Waals surface area contributed by atoms with Gasteiger partial charge in [-0.1, -0.05) is 13.0 Å². The number of phenols is 4. The Morgan fingerprint density at radius 1 is 1.14 bits per heavy atom. The minimum atomic E-state index is -1.21. The van der Waals surface area contributed by atoms with E-state index in [1.165, 1.54) is 48.0 Å². The molecule has 2 aliphatic rings. The maximum atomic E-state index is 13.1. The highest BCUT2D eigenvalue weighted by atomic mass is 32.2. The van der Waals surface area contributed by atoms with Crippen LogP contribution >= 0.6 is 11.8 Å². The number of aromatic hydroxyl groups is 4. The number of phenolic OH excluding ortho intramolecular Hbond substituents is 4. The first-order valence-electron chi connectivity index (χ1n) is 11.5. The molecular weight excluding hydrogens is 490 g/mol. The van der Waals surface area contributed by atoms with Crippen molar-refractivity contribution >= 4 is 23.6 Å². The van der Waals surface area contributed by atoms with Crippen molar-refractivity contribution in [1.29, 1.82) is 0 Å². The van der Waals surface area contributed by atoms with E-state index in [-0.39, 0.29) is 46.0 Å². The third kappa shape index (κ3) is 4.85. The molecule has 194 valence electrons. The lowest BCUT2D eigenvalue weighted by Gasteiger charge is -2.37. The number of methoxy groups -OCH3 is 1. The number of likely N-dealkylation sites (tertiary alicyclic amines) is 1. The summed E-state index contributed by atoms with van der Waals surface area (Å²) < 4.78 is 10.7. The van der Waals surface area contributed by atoms with Crippen molar-refractivity contribution in [2.75, 3.05) is 19.4 Å². The van der Waals surface area contributed by atoms with Crippen LogP contribution in [0.2, 0.25) is 0 Å². The highest BCUT2D eigenvalue weighted by Gasteiger charge is 2.42. The number of thioether (sulfide) groups is 1. The number of carbonyl (C=O) groups is 2. The summed E-state index contributed by atoms with van der Waals surface area (Å²) in [6, 6.07) is 5.89. The molecule has 0 spiro atoms. The molecular formula is C25H29NO9S. The molecule has 0 unspecified atom stereocenters. The van der Waals surface area contributed by atoms with Crippen LogP contribution in [0.15, 0.2) is 30.3 Å². The molecule has 1 fully saturated rings. The number of fused-ring (bicyclic) bond motifs is 1. The molecule has 0 aromatic heterocycles. The molecule has 0 bridgehead atoms. The molecule has 11 heteroatoms. The number of amides is 1. The second-order valence-corrected chi connectivity index (χ2v) is 10.2. The number of esters is 1. The first-order valence-corrected chi connectivity index (χ1v) is 12.6. The van der Waals surface area contributed by atoms with E-state index >= 15 is 0 Å². The maximum absolute atomic E-state index is 13.1. The van der Waals surface area contributed by atoms with Gasteiger partial charge in [0.05, 0.1) is 17.9 Å². The van der Waals surface area contributed by atoms with Crippen LogP contribution in [0.1, 0.15) is 42.2 Å². The predicted octanol–water partition coefficient (Wildman–Crippen LogP) is 2.58. The van der Waals surface area contributed by atoms with Gasteiger partial charge in [0.25, 0.3) is 0 Å². The van der Waals surface area contributed by atoms with Crippen molar-refractivity contribution in [3.8, 4) is 28.7 Å². The molecule has 2 aliphatic heterocycles. The lowest BCUT2D eigenvalue weighted by atomic mass is 9.93. The van der Waals surface area contributed by atoms with Crippen LogP contribution in [-0.4, -0.2) is 73.9 Å². The zero-order valence-corrected chi connectivity index (χ0v) is 20.6. The van der Waals surface area contributed by atoms with Gasteiger partial charge in [0.2, 0.25) is 5.91 Å². The van der Waals surface area contributed by atoms with Gasteiger partial charge in [0.1, 0.15) is 29.4 Å². The summed E-state index contributed by atoms with van der Waals surface area (Å²) in [6.45, 7) is 2.20. The Hall–Kier alpha value is -3.31. The molecule has 2 aromatic rings. The Morgan fingerprint density at radius 3 is 2.58 bits per heavy atom. The normalized spacial score (nSPS) is 24.0. The van der Waals surface area contributed by atoms with Crippen LogP contribution in [0.5, 0.6) is 28.7 Å². The molecule has 36 heavy (non-hydrogen) atoms. The Bertz CT molecular complexity index is 1160. The summed E-state index contributed by atoms with van der Waals surface area (Å²) in [4.78, 5) is 26.7. The fraction of sp³-hybridized carbons (Fsp3) is 0.440. The monoisotopic (exact) mass is 519 g/mol. The van der Waals surface area contributed by atoms with Crippen LogP contribution < -0.4 is 4.74 Å². The van der Waals surface area contributed by atoms with Gasteiger partial charge in [-0.25, -0.2) is 4.79 Å². The third-order valence-corrected chi connectivity index (χ3v) is 8.11. The van der Waals surface area contributed by atoms with E-state index in [0.29, 0.717) is 24.9 Å². The summed E-state index contributed by atoms with van der Waals surface area (Å²) in [5.74, 6) is -1.95. The lowest BCUT2D eigenvalue weighted by Crippen LogP contribution is -2.44. The first kappa shape index (κ1) is 25.8. The van der Waals surface area contributed by atoms with E-state index in [4.69, 9.17) is 9.47 Å². The topological polar surface area (TPSA) is 157 Å². The average molecular weight is 520 g/mol. The summed E-state index contributed by atoms with van der Waals surface area (Å²) in [6.07, 6.45) is -0.950. The number of nitrogens with zero attached hydrogens (tertiary/aromatic N) is 1. The number of aliphatic hydroxyl groups is 1. The van der Waals surface area contributed by atoms with Gasteiger partial charge in [0, 0.05) is 30.3 Å². The fourth-order valence-corrected chi connectivity index (χ4v) is 6.08. The molecule has 5 N–H and O–H groups in total. The van der Waals surface area contributed by atoms with Gasteiger partial charge >= 0.3 is 5.97 Å². The molecule has 0 aliphatic carbocycles. The highest BCUT2D eigenvalue weighted by molar-refractivity contribution is 7.99. The lowest BCUT2D eigenvalue weighted by molar-refractivity contribution is -0.151. The number of carbonyl (C=O) groups excluding carboxylic acids is 2. The van der Waals surface area contributed by atoms with E-state index in [0.717, 1.165) is 6.07 Å². The Balaban J connectivity index is 1.58. The quantitative estimate of drug-likeness (QED) is 0.284. The SMILES string of the molecule is COC(=O)[C@@H]1CCCN1C(=O)[C@H](C)CS[C@H]1c2c(O)cc(O)cc2O[C@H](c2ccc(O)c(O)c2)[C@@H]1O. The molecule has 2 aromatic carbocycles. The first-order chi connectivity index (χ1) is 17.1. The predicted molar refractivity (Wildman–Crippen MR) is 130 cm³/mol. The van der Waals surface area contributed by atoms with Gasteiger partial charge in [0.15, 0.2) is 17.6 Å². The van der Waals surface area contributed by atoms with Crippen molar-refractivity contribution in [2.45, 2.75) is 43.3 Å². The van der Waals surface area contributed by atoms with E-state index < -0.39 is 35.4 Å². The minimum Gasteiger partial charge on any atom is -0.508 e. The minimum absolute atomic E-state index is 0.150. The molecule has 0 radical (unpaired) electrons. The molecule has 1 saturated heterocycles.